The summed E-state index contributed by atoms with van der Waals surface area (Å²) in [5, 5.41) is 2.86. The van der Waals surface area contributed by atoms with Gasteiger partial charge in [-0.1, -0.05) is 23.7 Å². The van der Waals surface area contributed by atoms with Crippen LogP contribution in [0.3, 0.4) is 0 Å². The van der Waals surface area contributed by atoms with E-state index in [2.05, 4.69) is 10.3 Å². The maximum Gasteiger partial charge on any atom is 0.416 e. The third-order valence-electron chi connectivity index (χ3n) is 2.72. The van der Waals surface area contributed by atoms with E-state index in [9.17, 15) is 18.0 Å². The third kappa shape index (κ3) is 4.19. The van der Waals surface area contributed by atoms with E-state index < -0.39 is 11.7 Å². The number of carbonyl (C=O) groups excluding carboxylic acids is 1. The second-order valence-corrected chi connectivity index (χ2v) is 4.63. The standard InChI is InChI=1S/C14H10ClF3N2O/c15-12-6-3-10(8-19-12)13(21)20-7-9-1-4-11(5-2-9)14(16,17)18/h1-6,8H,7H2,(H,20,21). The van der Waals surface area contributed by atoms with Crippen LogP contribution in [0.15, 0.2) is 42.6 Å². The average Bonchev–Trinajstić information content (AvgIpc) is 2.45. The molecule has 21 heavy (non-hydrogen) atoms. The van der Waals surface area contributed by atoms with Crippen LogP contribution in [0.1, 0.15) is 21.5 Å². The third-order valence-corrected chi connectivity index (χ3v) is 2.95. The summed E-state index contributed by atoms with van der Waals surface area (Å²) in [4.78, 5) is 15.6. The molecule has 1 aromatic carbocycles. The van der Waals surface area contributed by atoms with E-state index in [1.807, 2.05) is 0 Å². The molecule has 0 spiro atoms. The van der Waals surface area contributed by atoms with E-state index in [-0.39, 0.29) is 17.6 Å². The van der Waals surface area contributed by atoms with Crippen molar-refractivity contribution in [3.63, 3.8) is 0 Å². The average molecular weight is 315 g/mol. The van der Waals surface area contributed by atoms with Crippen molar-refractivity contribution in [1.82, 2.24) is 10.3 Å². The first-order chi connectivity index (χ1) is 9.86. The summed E-state index contributed by atoms with van der Waals surface area (Å²) in [6, 6.07) is 7.59. The maximum atomic E-state index is 12.4. The van der Waals surface area contributed by atoms with Gasteiger partial charge < -0.3 is 5.32 Å². The maximum absolute atomic E-state index is 12.4. The highest BCUT2D eigenvalue weighted by Crippen LogP contribution is 2.29. The first-order valence-electron chi connectivity index (χ1n) is 5.92. The van der Waals surface area contributed by atoms with Gasteiger partial charge in [0.05, 0.1) is 11.1 Å². The molecule has 0 radical (unpaired) electrons. The summed E-state index contributed by atoms with van der Waals surface area (Å²) < 4.78 is 37.2. The van der Waals surface area contributed by atoms with Gasteiger partial charge in [0.25, 0.3) is 5.91 Å². The molecule has 1 amide bonds. The van der Waals surface area contributed by atoms with Gasteiger partial charge in [0.2, 0.25) is 0 Å². The fourth-order valence-corrected chi connectivity index (χ4v) is 1.72. The summed E-state index contributed by atoms with van der Waals surface area (Å²) in [6.07, 6.45) is -3.04. The Hall–Kier alpha value is -2.08. The van der Waals surface area contributed by atoms with Crippen LogP contribution in [-0.2, 0) is 12.7 Å². The zero-order chi connectivity index (χ0) is 15.5. The van der Waals surface area contributed by atoms with Crippen molar-refractivity contribution < 1.29 is 18.0 Å². The van der Waals surface area contributed by atoms with Gasteiger partial charge in [-0.05, 0) is 29.8 Å². The molecular formula is C14H10ClF3N2O. The molecule has 0 aliphatic heterocycles. The molecule has 0 saturated heterocycles. The number of pyridine rings is 1. The van der Waals surface area contributed by atoms with Crippen LogP contribution in [0.4, 0.5) is 13.2 Å². The van der Waals surface area contributed by atoms with E-state index >= 15 is 0 Å². The van der Waals surface area contributed by atoms with Crippen molar-refractivity contribution >= 4 is 17.5 Å². The second kappa shape index (κ2) is 6.13. The first-order valence-corrected chi connectivity index (χ1v) is 6.30. The molecular weight excluding hydrogens is 305 g/mol. The SMILES string of the molecule is O=C(NCc1ccc(C(F)(F)F)cc1)c1ccc(Cl)nc1. The minimum Gasteiger partial charge on any atom is -0.348 e. The molecule has 0 fully saturated rings. The van der Waals surface area contributed by atoms with Crippen LogP contribution in [-0.4, -0.2) is 10.9 Å². The van der Waals surface area contributed by atoms with Crippen LogP contribution in [0.2, 0.25) is 5.15 Å². The number of rotatable bonds is 3. The van der Waals surface area contributed by atoms with Crippen molar-refractivity contribution in [2.24, 2.45) is 0 Å². The molecule has 0 bridgehead atoms. The fraction of sp³-hybridized carbons (Fsp3) is 0.143. The number of amides is 1. The number of nitrogens with one attached hydrogen (secondary N) is 1. The van der Waals surface area contributed by atoms with Crippen LogP contribution in [0.25, 0.3) is 0 Å². The molecule has 0 unspecified atom stereocenters. The van der Waals surface area contributed by atoms with Gasteiger partial charge in [-0.15, -0.1) is 0 Å². The van der Waals surface area contributed by atoms with Crippen molar-refractivity contribution in [2.75, 3.05) is 0 Å². The highest BCUT2D eigenvalue weighted by Gasteiger charge is 2.29. The molecule has 2 rings (SSSR count). The Labute approximate surface area is 123 Å². The lowest BCUT2D eigenvalue weighted by Gasteiger charge is -2.08. The summed E-state index contributed by atoms with van der Waals surface area (Å²) in [5.41, 5.74) is 0.170. The Balaban J connectivity index is 1.97. The molecule has 1 heterocycles. The van der Waals surface area contributed by atoms with Crippen molar-refractivity contribution in [2.45, 2.75) is 12.7 Å². The van der Waals surface area contributed by atoms with Crippen LogP contribution >= 0.6 is 11.6 Å². The largest absolute Gasteiger partial charge is 0.416 e. The Kier molecular flexibility index (Phi) is 4.47. The van der Waals surface area contributed by atoms with Crippen LogP contribution < -0.4 is 5.32 Å². The minimum atomic E-state index is -4.36. The van der Waals surface area contributed by atoms with Gasteiger partial charge in [-0.3, -0.25) is 4.79 Å². The van der Waals surface area contributed by atoms with Gasteiger partial charge in [0.15, 0.2) is 0 Å². The van der Waals surface area contributed by atoms with E-state index in [4.69, 9.17) is 11.6 Å². The zero-order valence-corrected chi connectivity index (χ0v) is 11.4. The predicted octanol–water partition coefficient (Wildman–Crippen LogP) is 3.68. The lowest BCUT2D eigenvalue weighted by Crippen LogP contribution is -2.22. The molecule has 1 N–H and O–H groups in total. The van der Waals surface area contributed by atoms with E-state index in [0.717, 1.165) is 12.1 Å². The van der Waals surface area contributed by atoms with Crippen molar-refractivity contribution in [1.29, 1.82) is 0 Å². The van der Waals surface area contributed by atoms with E-state index in [1.165, 1.54) is 30.5 Å². The summed E-state index contributed by atoms with van der Waals surface area (Å²) in [6.45, 7) is 0.125. The zero-order valence-electron chi connectivity index (χ0n) is 10.6. The molecule has 0 atom stereocenters. The van der Waals surface area contributed by atoms with Crippen LogP contribution in [0, 0.1) is 0 Å². The lowest BCUT2D eigenvalue weighted by atomic mass is 10.1. The number of benzene rings is 1. The summed E-state index contributed by atoms with van der Waals surface area (Å²) in [5.74, 6) is -0.376. The number of carbonyl (C=O) groups is 1. The number of hydrogen-bond donors (Lipinski definition) is 1. The molecule has 7 heteroatoms. The van der Waals surface area contributed by atoms with Gasteiger partial charge in [-0.2, -0.15) is 13.2 Å². The number of nitrogens with zero attached hydrogens (tertiary/aromatic N) is 1. The Bertz CT molecular complexity index is 624. The molecule has 0 aliphatic rings. The highest BCUT2D eigenvalue weighted by atomic mass is 35.5. The Morgan fingerprint density at radius 3 is 2.33 bits per heavy atom. The van der Waals surface area contributed by atoms with Crippen molar-refractivity contribution in [3.05, 3.63) is 64.4 Å². The Morgan fingerprint density at radius 1 is 1.14 bits per heavy atom. The number of alkyl halides is 3. The molecule has 0 aliphatic carbocycles. The molecule has 3 nitrogen and oxygen atoms in total. The second-order valence-electron chi connectivity index (χ2n) is 4.25. The highest BCUT2D eigenvalue weighted by molar-refractivity contribution is 6.29. The number of hydrogen-bond acceptors (Lipinski definition) is 2. The normalized spacial score (nSPS) is 11.2. The van der Waals surface area contributed by atoms with Crippen LogP contribution in [0.5, 0.6) is 0 Å². The predicted molar refractivity (Wildman–Crippen MR) is 71.9 cm³/mol. The number of aromatic nitrogens is 1. The van der Waals surface area contributed by atoms with Crippen molar-refractivity contribution in [3.8, 4) is 0 Å². The van der Waals surface area contributed by atoms with Gasteiger partial charge in [-0.25, -0.2) is 4.98 Å². The van der Waals surface area contributed by atoms with Gasteiger partial charge >= 0.3 is 6.18 Å². The van der Waals surface area contributed by atoms with Gasteiger partial charge in [0.1, 0.15) is 5.15 Å². The Morgan fingerprint density at radius 2 is 1.81 bits per heavy atom. The number of halogens is 4. The lowest BCUT2D eigenvalue weighted by molar-refractivity contribution is -0.137. The smallest absolute Gasteiger partial charge is 0.348 e. The van der Waals surface area contributed by atoms with E-state index in [1.54, 1.807) is 0 Å². The molecule has 110 valence electrons. The minimum absolute atomic E-state index is 0.125. The van der Waals surface area contributed by atoms with Gasteiger partial charge in [0, 0.05) is 12.7 Å². The topological polar surface area (TPSA) is 42.0 Å². The monoisotopic (exact) mass is 314 g/mol. The quantitative estimate of drug-likeness (QED) is 0.878. The molecule has 0 saturated carbocycles. The van der Waals surface area contributed by atoms with E-state index in [0.29, 0.717) is 11.1 Å². The molecule has 2 aromatic rings. The summed E-state index contributed by atoms with van der Waals surface area (Å²) in [7, 11) is 0. The fourth-order valence-electron chi connectivity index (χ4n) is 1.61. The summed E-state index contributed by atoms with van der Waals surface area (Å²) >= 11 is 5.61. The first kappa shape index (κ1) is 15.3. The molecule has 1 aromatic heterocycles.